The Morgan fingerprint density at radius 1 is 1.08 bits per heavy atom. The lowest BCUT2D eigenvalue weighted by atomic mass is 10.1. The zero-order valence-corrected chi connectivity index (χ0v) is 13.8. The van der Waals surface area contributed by atoms with Crippen LogP contribution in [0.15, 0.2) is 48.5 Å². The number of unbranched alkanes of at least 4 members (excludes halogenated alkanes) is 1. The summed E-state index contributed by atoms with van der Waals surface area (Å²) in [7, 11) is 0. The first-order valence-electron chi connectivity index (χ1n) is 7.96. The number of para-hydroxylation sites is 1. The summed E-state index contributed by atoms with van der Waals surface area (Å²) in [5.74, 6) is -0.791. The molecule has 0 heterocycles. The summed E-state index contributed by atoms with van der Waals surface area (Å²) in [6, 6.07) is 12.1. The number of nitro benzene ring substituents is 1. The molecule has 0 aromatic heterocycles. The van der Waals surface area contributed by atoms with E-state index in [1.807, 2.05) is 6.92 Å². The number of benzene rings is 2. The fourth-order valence-corrected chi connectivity index (χ4v) is 2.22. The molecule has 0 atom stereocenters. The number of carbonyl (C=O) groups excluding carboxylic acids is 2. The normalized spacial score (nSPS) is 10.1. The lowest BCUT2D eigenvalue weighted by Gasteiger charge is -2.11. The smallest absolute Gasteiger partial charge is 0.270 e. The molecule has 25 heavy (non-hydrogen) atoms. The Balaban J connectivity index is 2.17. The molecule has 2 aromatic carbocycles. The van der Waals surface area contributed by atoms with Gasteiger partial charge in [0.2, 0.25) is 0 Å². The predicted molar refractivity (Wildman–Crippen MR) is 94.7 cm³/mol. The van der Waals surface area contributed by atoms with Crippen LogP contribution in [0.1, 0.15) is 40.5 Å². The van der Waals surface area contributed by atoms with Crippen LogP contribution in [0.4, 0.5) is 11.4 Å². The van der Waals surface area contributed by atoms with Crippen molar-refractivity contribution in [3.8, 4) is 0 Å². The summed E-state index contributed by atoms with van der Waals surface area (Å²) < 4.78 is 0. The topological polar surface area (TPSA) is 101 Å². The second-order valence-corrected chi connectivity index (χ2v) is 5.42. The molecule has 7 nitrogen and oxygen atoms in total. The van der Waals surface area contributed by atoms with Crippen molar-refractivity contribution in [1.29, 1.82) is 0 Å². The van der Waals surface area contributed by atoms with Crippen molar-refractivity contribution in [2.45, 2.75) is 19.8 Å². The second kappa shape index (κ2) is 8.58. The number of carbonyl (C=O) groups is 2. The van der Waals surface area contributed by atoms with Crippen molar-refractivity contribution in [3.63, 3.8) is 0 Å². The Bertz CT molecular complexity index is 789. The third kappa shape index (κ3) is 4.87. The molecule has 2 amide bonds. The van der Waals surface area contributed by atoms with Gasteiger partial charge in [-0.15, -0.1) is 0 Å². The molecule has 0 unspecified atom stereocenters. The minimum absolute atomic E-state index is 0.149. The van der Waals surface area contributed by atoms with E-state index in [1.54, 1.807) is 24.3 Å². The van der Waals surface area contributed by atoms with Crippen LogP contribution < -0.4 is 10.6 Å². The van der Waals surface area contributed by atoms with Crippen molar-refractivity contribution in [3.05, 3.63) is 69.8 Å². The van der Waals surface area contributed by atoms with Gasteiger partial charge in [-0.05, 0) is 24.6 Å². The van der Waals surface area contributed by atoms with Gasteiger partial charge < -0.3 is 10.6 Å². The molecule has 2 aromatic rings. The van der Waals surface area contributed by atoms with Gasteiger partial charge in [0.1, 0.15) is 0 Å². The van der Waals surface area contributed by atoms with Crippen LogP contribution in [0.2, 0.25) is 0 Å². The number of nitro groups is 1. The van der Waals surface area contributed by atoms with Gasteiger partial charge in [0.25, 0.3) is 17.5 Å². The van der Waals surface area contributed by atoms with Gasteiger partial charge in [-0.3, -0.25) is 19.7 Å². The van der Waals surface area contributed by atoms with E-state index in [9.17, 15) is 19.7 Å². The van der Waals surface area contributed by atoms with Crippen LogP contribution in [0, 0.1) is 10.1 Å². The number of amides is 2. The summed E-state index contributed by atoms with van der Waals surface area (Å²) in [6.07, 6.45) is 1.83. The number of anilines is 1. The number of nitrogens with one attached hydrogen (secondary N) is 2. The highest BCUT2D eigenvalue weighted by molar-refractivity contribution is 6.09. The lowest BCUT2D eigenvalue weighted by Crippen LogP contribution is -2.26. The Morgan fingerprint density at radius 2 is 1.84 bits per heavy atom. The Kier molecular flexibility index (Phi) is 6.22. The second-order valence-electron chi connectivity index (χ2n) is 5.42. The molecule has 0 saturated carbocycles. The quantitative estimate of drug-likeness (QED) is 0.458. The van der Waals surface area contributed by atoms with Crippen LogP contribution >= 0.6 is 0 Å². The van der Waals surface area contributed by atoms with Crippen molar-refractivity contribution in [1.82, 2.24) is 5.32 Å². The van der Waals surface area contributed by atoms with Gasteiger partial charge in [-0.2, -0.15) is 0 Å². The van der Waals surface area contributed by atoms with E-state index in [0.29, 0.717) is 17.8 Å². The first kappa shape index (κ1) is 18.1. The van der Waals surface area contributed by atoms with E-state index in [1.165, 1.54) is 24.3 Å². The summed E-state index contributed by atoms with van der Waals surface area (Å²) in [5, 5.41) is 16.3. The molecule has 0 radical (unpaired) electrons. The van der Waals surface area contributed by atoms with E-state index < -0.39 is 10.8 Å². The van der Waals surface area contributed by atoms with E-state index in [-0.39, 0.29) is 17.2 Å². The molecule has 7 heteroatoms. The summed E-state index contributed by atoms with van der Waals surface area (Å²) in [5.41, 5.74) is 0.680. The number of rotatable bonds is 7. The fourth-order valence-electron chi connectivity index (χ4n) is 2.22. The van der Waals surface area contributed by atoms with Gasteiger partial charge in [0, 0.05) is 24.2 Å². The maximum Gasteiger partial charge on any atom is 0.270 e. The molecule has 0 spiro atoms. The standard InChI is InChI=1S/C18H19N3O4/c1-2-3-11-19-18(23)15-9-4-5-10-16(15)20-17(22)13-7-6-8-14(12-13)21(24)25/h4-10,12H,2-3,11H2,1H3,(H,19,23)(H,20,22). The Morgan fingerprint density at radius 3 is 2.56 bits per heavy atom. The van der Waals surface area contributed by atoms with E-state index >= 15 is 0 Å². The van der Waals surface area contributed by atoms with E-state index in [4.69, 9.17) is 0 Å². The highest BCUT2D eigenvalue weighted by Crippen LogP contribution is 2.18. The molecule has 0 aliphatic rings. The maximum atomic E-state index is 12.4. The SMILES string of the molecule is CCCCNC(=O)c1ccccc1NC(=O)c1cccc([N+](=O)[O-])c1. The lowest BCUT2D eigenvalue weighted by molar-refractivity contribution is -0.384. The van der Waals surface area contributed by atoms with Gasteiger partial charge in [0.15, 0.2) is 0 Å². The predicted octanol–water partition coefficient (Wildman–Crippen LogP) is 3.38. The van der Waals surface area contributed by atoms with Crippen molar-refractivity contribution >= 4 is 23.2 Å². The monoisotopic (exact) mass is 341 g/mol. The largest absolute Gasteiger partial charge is 0.352 e. The van der Waals surface area contributed by atoms with Crippen LogP contribution in [-0.2, 0) is 0 Å². The van der Waals surface area contributed by atoms with Crippen molar-refractivity contribution in [2.75, 3.05) is 11.9 Å². The number of nitrogens with zero attached hydrogens (tertiary/aromatic N) is 1. The first-order valence-corrected chi connectivity index (χ1v) is 7.96. The van der Waals surface area contributed by atoms with Crippen LogP contribution in [-0.4, -0.2) is 23.3 Å². The summed E-state index contributed by atoms with van der Waals surface area (Å²) in [6.45, 7) is 2.59. The summed E-state index contributed by atoms with van der Waals surface area (Å²) in [4.78, 5) is 34.9. The van der Waals surface area contributed by atoms with Crippen LogP contribution in [0.25, 0.3) is 0 Å². The minimum Gasteiger partial charge on any atom is -0.352 e. The van der Waals surface area contributed by atoms with Crippen LogP contribution in [0.5, 0.6) is 0 Å². The van der Waals surface area contributed by atoms with Gasteiger partial charge in [0.05, 0.1) is 16.2 Å². The van der Waals surface area contributed by atoms with Gasteiger partial charge >= 0.3 is 0 Å². The number of non-ortho nitro benzene ring substituents is 1. The van der Waals surface area contributed by atoms with Crippen molar-refractivity contribution in [2.24, 2.45) is 0 Å². The molecular weight excluding hydrogens is 322 g/mol. The van der Waals surface area contributed by atoms with E-state index in [2.05, 4.69) is 10.6 Å². The molecule has 0 aliphatic carbocycles. The fraction of sp³-hybridized carbons (Fsp3) is 0.222. The number of hydrogen-bond donors (Lipinski definition) is 2. The minimum atomic E-state index is -0.564. The third-order valence-electron chi connectivity index (χ3n) is 3.55. The molecule has 2 rings (SSSR count). The van der Waals surface area contributed by atoms with E-state index in [0.717, 1.165) is 12.8 Å². The molecule has 2 N–H and O–H groups in total. The average Bonchev–Trinajstić information content (AvgIpc) is 2.62. The zero-order chi connectivity index (χ0) is 18.2. The first-order chi connectivity index (χ1) is 12.0. The summed E-state index contributed by atoms with van der Waals surface area (Å²) >= 11 is 0. The molecule has 130 valence electrons. The highest BCUT2D eigenvalue weighted by Gasteiger charge is 2.15. The average molecular weight is 341 g/mol. The zero-order valence-electron chi connectivity index (χ0n) is 13.8. The maximum absolute atomic E-state index is 12.4. The van der Waals surface area contributed by atoms with Crippen LogP contribution in [0.3, 0.4) is 0 Å². The molecule has 0 fully saturated rings. The highest BCUT2D eigenvalue weighted by atomic mass is 16.6. The molecule has 0 aliphatic heterocycles. The Hall–Kier alpha value is -3.22. The Labute approximate surface area is 145 Å². The number of hydrogen-bond acceptors (Lipinski definition) is 4. The van der Waals surface area contributed by atoms with Crippen molar-refractivity contribution < 1.29 is 14.5 Å². The van der Waals surface area contributed by atoms with Gasteiger partial charge in [-0.1, -0.05) is 31.5 Å². The molecule has 0 bridgehead atoms. The third-order valence-corrected chi connectivity index (χ3v) is 3.55. The van der Waals surface area contributed by atoms with Gasteiger partial charge in [-0.25, -0.2) is 0 Å². The molecular formula is C18H19N3O4. The molecule has 0 saturated heterocycles.